The smallest absolute Gasteiger partial charge is 0.295 e. The van der Waals surface area contributed by atoms with Crippen molar-refractivity contribution in [1.82, 2.24) is 9.36 Å². The first-order chi connectivity index (χ1) is 13.0. The molecule has 2 fully saturated rings. The number of nitrogens with one attached hydrogen (secondary N) is 1. The first-order valence-corrected chi connectivity index (χ1v) is 9.88. The SMILES string of the molecule is Cc1c(NC(=O)C2CC3CCCC(C2)C3N)c(=O)n(-c2ccccc2)n1C. The molecule has 27 heavy (non-hydrogen) atoms. The Kier molecular flexibility index (Phi) is 4.68. The molecule has 0 saturated heterocycles. The van der Waals surface area contributed by atoms with E-state index in [2.05, 4.69) is 5.32 Å². The van der Waals surface area contributed by atoms with Gasteiger partial charge in [0.1, 0.15) is 5.69 Å². The average Bonchev–Trinajstić information content (AvgIpc) is 2.85. The third-order valence-electron chi connectivity index (χ3n) is 6.59. The van der Waals surface area contributed by atoms with Gasteiger partial charge in [-0.15, -0.1) is 0 Å². The summed E-state index contributed by atoms with van der Waals surface area (Å²) in [5, 5.41) is 2.95. The molecule has 2 aliphatic carbocycles. The maximum Gasteiger partial charge on any atom is 0.295 e. The monoisotopic (exact) mass is 368 g/mol. The predicted molar refractivity (Wildman–Crippen MR) is 106 cm³/mol. The Hall–Kier alpha value is -2.34. The van der Waals surface area contributed by atoms with Crippen LogP contribution in [-0.4, -0.2) is 21.3 Å². The van der Waals surface area contributed by atoms with E-state index in [0.717, 1.165) is 37.1 Å². The van der Waals surface area contributed by atoms with E-state index in [4.69, 9.17) is 5.73 Å². The lowest BCUT2D eigenvalue weighted by Gasteiger charge is -2.43. The standard InChI is InChI=1S/C21H28N4O2/c1-13-19(21(27)25(24(13)2)17-9-4-3-5-10-17)23-20(26)16-11-14-7-6-8-15(12-16)18(14)22/h3-5,9-10,14-16,18H,6-8,11-12,22H2,1-2H3,(H,23,26). The number of nitrogens with two attached hydrogens (primary N) is 1. The zero-order valence-electron chi connectivity index (χ0n) is 16.0. The van der Waals surface area contributed by atoms with E-state index in [1.54, 1.807) is 9.36 Å². The first-order valence-electron chi connectivity index (χ1n) is 9.88. The second-order valence-corrected chi connectivity index (χ2v) is 8.12. The molecular weight excluding hydrogens is 340 g/mol. The number of anilines is 1. The van der Waals surface area contributed by atoms with Crippen LogP contribution in [0.25, 0.3) is 5.69 Å². The quantitative estimate of drug-likeness (QED) is 0.874. The van der Waals surface area contributed by atoms with Gasteiger partial charge in [-0.2, -0.15) is 0 Å². The Morgan fingerprint density at radius 3 is 2.41 bits per heavy atom. The van der Waals surface area contributed by atoms with Gasteiger partial charge >= 0.3 is 0 Å². The highest BCUT2D eigenvalue weighted by Crippen LogP contribution is 2.42. The van der Waals surface area contributed by atoms with Gasteiger partial charge in [-0.25, -0.2) is 4.68 Å². The van der Waals surface area contributed by atoms with Crippen molar-refractivity contribution in [3.05, 3.63) is 46.4 Å². The Labute approximate surface area is 159 Å². The van der Waals surface area contributed by atoms with Crippen LogP contribution in [-0.2, 0) is 11.8 Å². The zero-order chi connectivity index (χ0) is 19.1. The molecule has 3 N–H and O–H groups in total. The highest BCUT2D eigenvalue weighted by molar-refractivity contribution is 5.93. The molecule has 0 spiro atoms. The second kappa shape index (κ2) is 7.00. The zero-order valence-corrected chi connectivity index (χ0v) is 16.0. The van der Waals surface area contributed by atoms with E-state index in [1.165, 1.54) is 6.42 Å². The van der Waals surface area contributed by atoms with Crippen molar-refractivity contribution in [2.24, 2.45) is 30.5 Å². The molecule has 0 aliphatic heterocycles. The molecule has 1 aromatic heterocycles. The summed E-state index contributed by atoms with van der Waals surface area (Å²) in [7, 11) is 1.84. The summed E-state index contributed by atoms with van der Waals surface area (Å²) < 4.78 is 3.38. The third-order valence-corrected chi connectivity index (χ3v) is 6.59. The van der Waals surface area contributed by atoms with Gasteiger partial charge in [0.25, 0.3) is 5.56 Å². The molecule has 144 valence electrons. The van der Waals surface area contributed by atoms with Crippen molar-refractivity contribution in [1.29, 1.82) is 0 Å². The second-order valence-electron chi connectivity index (χ2n) is 8.12. The molecule has 6 nitrogen and oxygen atoms in total. The Morgan fingerprint density at radius 2 is 1.78 bits per heavy atom. The summed E-state index contributed by atoms with van der Waals surface area (Å²) in [5.74, 6) is 0.784. The summed E-state index contributed by atoms with van der Waals surface area (Å²) in [6.07, 6.45) is 5.13. The van der Waals surface area contributed by atoms with Crippen LogP contribution in [0.5, 0.6) is 0 Å². The molecule has 6 heteroatoms. The average molecular weight is 368 g/mol. The van der Waals surface area contributed by atoms with Crippen molar-refractivity contribution in [3.63, 3.8) is 0 Å². The van der Waals surface area contributed by atoms with Crippen LogP contribution in [0.15, 0.2) is 35.1 Å². The number of amides is 1. The molecule has 2 bridgehead atoms. The van der Waals surface area contributed by atoms with E-state index < -0.39 is 0 Å². The summed E-state index contributed by atoms with van der Waals surface area (Å²) in [6, 6.07) is 9.71. The van der Waals surface area contributed by atoms with Crippen molar-refractivity contribution in [2.75, 3.05) is 5.32 Å². The van der Waals surface area contributed by atoms with Crippen LogP contribution < -0.4 is 16.6 Å². The molecule has 0 radical (unpaired) electrons. The van der Waals surface area contributed by atoms with Gasteiger partial charge in [0.2, 0.25) is 5.91 Å². The number of hydrogen-bond donors (Lipinski definition) is 2. The minimum atomic E-state index is -0.192. The number of carbonyl (C=O) groups is 1. The fraction of sp³-hybridized carbons (Fsp3) is 0.524. The lowest BCUT2D eigenvalue weighted by Crippen LogP contribution is -2.48. The molecule has 2 saturated carbocycles. The normalized spacial score (nSPS) is 27.4. The van der Waals surface area contributed by atoms with Gasteiger partial charge in [-0.05, 0) is 56.6 Å². The molecule has 4 rings (SSSR count). The Morgan fingerprint density at radius 1 is 1.15 bits per heavy atom. The van der Waals surface area contributed by atoms with Crippen LogP contribution >= 0.6 is 0 Å². The lowest BCUT2D eigenvalue weighted by atomic mass is 9.65. The summed E-state index contributed by atoms with van der Waals surface area (Å²) >= 11 is 0. The van der Waals surface area contributed by atoms with Crippen molar-refractivity contribution in [3.8, 4) is 5.69 Å². The molecule has 2 aliphatic rings. The van der Waals surface area contributed by atoms with Crippen molar-refractivity contribution < 1.29 is 4.79 Å². The number of para-hydroxylation sites is 1. The number of carbonyl (C=O) groups excluding carboxylic acids is 1. The van der Waals surface area contributed by atoms with E-state index in [0.29, 0.717) is 17.5 Å². The fourth-order valence-electron chi connectivity index (χ4n) is 4.94. The molecule has 1 amide bonds. The van der Waals surface area contributed by atoms with Gasteiger partial charge in [-0.3, -0.25) is 14.3 Å². The van der Waals surface area contributed by atoms with Gasteiger partial charge in [0, 0.05) is 19.0 Å². The highest BCUT2D eigenvalue weighted by Gasteiger charge is 2.40. The number of fused-ring (bicyclic) bond motifs is 2. The van der Waals surface area contributed by atoms with E-state index >= 15 is 0 Å². The molecule has 2 atom stereocenters. The summed E-state index contributed by atoms with van der Waals surface area (Å²) in [5.41, 5.74) is 8.07. The number of nitrogens with zero attached hydrogens (tertiary/aromatic N) is 2. The van der Waals surface area contributed by atoms with Crippen molar-refractivity contribution >= 4 is 11.6 Å². The maximum absolute atomic E-state index is 13.0. The van der Waals surface area contributed by atoms with Crippen LogP contribution in [0.1, 0.15) is 37.8 Å². The summed E-state index contributed by atoms with van der Waals surface area (Å²) in [6.45, 7) is 1.86. The highest BCUT2D eigenvalue weighted by atomic mass is 16.2. The molecule has 1 heterocycles. The predicted octanol–water partition coefficient (Wildman–Crippen LogP) is 2.58. The largest absolute Gasteiger partial charge is 0.327 e. The van der Waals surface area contributed by atoms with Crippen LogP contribution in [0, 0.1) is 24.7 Å². The first kappa shape index (κ1) is 18.0. The summed E-state index contributed by atoms with van der Waals surface area (Å²) in [4.78, 5) is 25.9. The van der Waals surface area contributed by atoms with Gasteiger partial charge in [0.15, 0.2) is 0 Å². The molecule has 1 aromatic carbocycles. The lowest BCUT2D eigenvalue weighted by molar-refractivity contribution is -0.122. The minimum absolute atomic E-state index is 0.0372. The van der Waals surface area contributed by atoms with E-state index in [1.807, 2.05) is 44.3 Å². The van der Waals surface area contributed by atoms with E-state index in [9.17, 15) is 9.59 Å². The van der Waals surface area contributed by atoms with Crippen LogP contribution in [0.4, 0.5) is 5.69 Å². The minimum Gasteiger partial charge on any atom is -0.327 e. The Balaban J connectivity index is 1.58. The van der Waals surface area contributed by atoms with Gasteiger partial charge in [-0.1, -0.05) is 24.6 Å². The molecular formula is C21H28N4O2. The van der Waals surface area contributed by atoms with Crippen LogP contribution in [0.3, 0.4) is 0 Å². The number of benzene rings is 1. The van der Waals surface area contributed by atoms with Gasteiger partial charge in [0.05, 0.1) is 11.4 Å². The van der Waals surface area contributed by atoms with Gasteiger partial charge < -0.3 is 11.1 Å². The van der Waals surface area contributed by atoms with E-state index in [-0.39, 0.29) is 23.4 Å². The number of aromatic nitrogens is 2. The topological polar surface area (TPSA) is 82.1 Å². The maximum atomic E-state index is 13.0. The van der Waals surface area contributed by atoms with Crippen molar-refractivity contribution in [2.45, 2.75) is 45.1 Å². The number of rotatable bonds is 3. The molecule has 2 aromatic rings. The third kappa shape index (κ3) is 3.12. The number of hydrogen-bond acceptors (Lipinski definition) is 3. The fourth-order valence-corrected chi connectivity index (χ4v) is 4.94. The van der Waals surface area contributed by atoms with Crippen LogP contribution in [0.2, 0.25) is 0 Å². The Bertz CT molecular complexity index is 885. The molecule has 2 unspecified atom stereocenters.